The van der Waals surface area contributed by atoms with Crippen LogP contribution in [0, 0.1) is 5.82 Å². The highest BCUT2D eigenvalue weighted by atomic mass is 19.1. The van der Waals surface area contributed by atoms with Crippen molar-refractivity contribution in [2.45, 2.75) is 51.6 Å². The molecule has 0 aliphatic heterocycles. The molecule has 0 spiro atoms. The number of hydrogen-bond acceptors (Lipinski definition) is 2. The molecule has 1 heterocycles. The van der Waals surface area contributed by atoms with Gasteiger partial charge in [-0.1, -0.05) is 30.3 Å². The van der Waals surface area contributed by atoms with Crippen molar-refractivity contribution < 1.29 is 19.1 Å². The van der Waals surface area contributed by atoms with Crippen molar-refractivity contribution in [3.8, 4) is 0 Å². The molecule has 0 fully saturated rings. The Bertz CT molecular complexity index is 1110. The number of rotatable bonds is 7. The van der Waals surface area contributed by atoms with Gasteiger partial charge in [0.2, 0.25) is 5.91 Å². The van der Waals surface area contributed by atoms with Gasteiger partial charge in [-0.3, -0.25) is 9.59 Å². The Morgan fingerprint density at radius 3 is 2.68 bits per heavy atom. The number of amides is 1. The summed E-state index contributed by atoms with van der Waals surface area (Å²) in [6, 6.07) is 14.8. The lowest BCUT2D eigenvalue weighted by Crippen LogP contribution is -2.43. The molecule has 1 N–H and O–H groups in total. The van der Waals surface area contributed by atoms with Gasteiger partial charge in [-0.05, 0) is 61.4 Å². The fourth-order valence-electron chi connectivity index (χ4n) is 4.88. The van der Waals surface area contributed by atoms with E-state index in [-0.39, 0.29) is 24.3 Å². The van der Waals surface area contributed by atoms with Crippen molar-refractivity contribution >= 4 is 22.8 Å². The maximum absolute atomic E-state index is 14.0. The maximum atomic E-state index is 14.0. The fraction of sp³-hybridized carbons (Fsp3) is 0.360. The Kier molecular flexibility index (Phi) is 6.07. The van der Waals surface area contributed by atoms with Crippen molar-refractivity contribution in [1.82, 2.24) is 9.47 Å². The van der Waals surface area contributed by atoms with E-state index in [0.717, 1.165) is 41.4 Å². The number of aromatic nitrogens is 1. The first-order chi connectivity index (χ1) is 14.9. The number of hydrogen-bond donors (Lipinski definition) is 1. The monoisotopic (exact) mass is 422 g/mol. The molecule has 1 aromatic heterocycles. The third kappa shape index (κ3) is 4.48. The second-order valence-electron chi connectivity index (χ2n) is 8.26. The quantitative estimate of drug-likeness (QED) is 0.621. The van der Waals surface area contributed by atoms with Gasteiger partial charge in [0, 0.05) is 36.1 Å². The highest BCUT2D eigenvalue weighted by Crippen LogP contribution is 2.34. The van der Waals surface area contributed by atoms with Crippen LogP contribution in [0.3, 0.4) is 0 Å². The lowest BCUT2D eigenvalue weighted by Gasteiger charge is -2.34. The molecule has 0 saturated carbocycles. The molecular formula is C25H27FN2O3. The van der Waals surface area contributed by atoms with Crippen LogP contribution < -0.4 is 0 Å². The van der Waals surface area contributed by atoms with Gasteiger partial charge in [0.25, 0.3) is 0 Å². The second-order valence-corrected chi connectivity index (χ2v) is 8.26. The molecule has 31 heavy (non-hydrogen) atoms. The summed E-state index contributed by atoms with van der Waals surface area (Å²) in [4.78, 5) is 25.8. The highest BCUT2D eigenvalue weighted by molar-refractivity contribution is 5.87. The molecular weight excluding hydrogens is 395 g/mol. The van der Waals surface area contributed by atoms with Gasteiger partial charge < -0.3 is 14.6 Å². The number of fused-ring (bicyclic) bond motifs is 3. The average molecular weight is 423 g/mol. The molecule has 0 saturated heterocycles. The minimum Gasteiger partial charge on any atom is -0.480 e. The Balaban J connectivity index is 1.57. The third-order valence-corrected chi connectivity index (χ3v) is 6.25. The molecule has 3 aromatic rings. The standard InChI is InChI=1S/C25H27FN2O3/c1-17(29)27(13-5-8-18-6-3-2-4-7-18)20-10-12-24-22(15-20)21-14-19(26)9-11-23(21)28(24)16-25(30)31/h2-4,6-7,9,11,14,20H,5,8,10,12-13,15-16H2,1H3,(H,30,31)/t20-/m0/s1. The molecule has 162 valence electrons. The molecule has 0 unspecified atom stereocenters. The zero-order valence-corrected chi connectivity index (χ0v) is 17.7. The molecule has 1 amide bonds. The number of halogens is 1. The van der Waals surface area contributed by atoms with Crippen molar-refractivity contribution in [2.24, 2.45) is 0 Å². The SMILES string of the molecule is CC(=O)N(CCCc1ccccc1)[C@H]1CCc2c(c3cc(F)ccc3n2CC(=O)O)C1. The van der Waals surface area contributed by atoms with Gasteiger partial charge in [-0.2, -0.15) is 0 Å². The van der Waals surface area contributed by atoms with Gasteiger partial charge in [-0.25, -0.2) is 4.39 Å². The molecule has 0 radical (unpaired) electrons. The summed E-state index contributed by atoms with van der Waals surface area (Å²) in [7, 11) is 0. The Hall–Kier alpha value is -3.15. The Labute approximate surface area is 181 Å². The Morgan fingerprint density at radius 2 is 1.97 bits per heavy atom. The zero-order valence-electron chi connectivity index (χ0n) is 17.7. The van der Waals surface area contributed by atoms with E-state index in [2.05, 4.69) is 12.1 Å². The number of aliphatic carboxylic acids is 1. The summed E-state index contributed by atoms with van der Waals surface area (Å²) in [6.45, 7) is 2.13. The molecule has 0 bridgehead atoms. The summed E-state index contributed by atoms with van der Waals surface area (Å²) in [5.74, 6) is -1.21. The predicted molar refractivity (Wildman–Crippen MR) is 117 cm³/mol. The lowest BCUT2D eigenvalue weighted by molar-refractivity contribution is -0.137. The molecule has 1 atom stereocenters. The summed E-state index contributed by atoms with van der Waals surface area (Å²) in [5, 5.41) is 10.1. The number of carbonyl (C=O) groups is 2. The minimum absolute atomic E-state index is 0.0351. The highest BCUT2D eigenvalue weighted by Gasteiger charge is 2.30. The van der Waals surface area contributed by atoms with Crippen LogP contribution >= 0.6 is 0 Å². The van der Waals surface area contributed by atoms with Crippen molar-refractivity contribution in [3.05, 3.63) is 71.2 Å². The van der Waals surface area contributed by atoms with E-state index in [4.69, 9.17) is 0 Å². The topological polar surface area (TPSA) is 62.5 Å². The van der Waals surface area contributed by atoms with Crippen LogP contribution in [0.2, 0.25) is 0 Å². The summed E-state index contributed by atoms with van der Waals surface area (Å²) < 4.78 is 15.8. The first-order valence-corrected chi connectivity index (χ1v) is 10.8. The van der Waals surface area contributed by atoms with Crippen LogP contribution in [0.5, 0.6) is 0 Å². The molecule has 5 nitrogen and oxygen atoms in total. The maximum Gasteiger partial charge on any atom is 0.323 e. The van der Waals surface area contributed by atoms with E-state index >= 15 is 0 Å². The van der Waals surface area contributed by atoms with Crippen LogP contribution in [-0.2, 0) is 35.4 Å². The van der Waals surface area contributed by atoms with E-state index in [1.54, 1.807) is 17.6 Å². The van der Waals surface area contributed by atoms with Gasteiger partial charge in [0.05, 0.1) is 0 Å². The number of carboxylic acids is 1. The second kappa shape index (κ2) is 8.92. The zero-order chi connectivity index (χ0) is 22.0. The minimum atomic E-state index is -0.919. The van der Waals surface area contributed by atoms with Gasteiger partial charge >= 0.3 is 5.97 Å². The van der Waals surface area contributed by atoms with Crippen LogP contribution in [-0.4, -0.2) is 39.0 Å². The van der Waals surface area contributed by atoms with E-state index in [9.17, 15) is 19.1 Å². The van der Waals surface area contributed by atoms with E-state index in [1.807, 2.05) is 23.1 Å². The average Bonchev–Trinajstić information content (AvgIpc) is 3.03. The largest absolute Gasteiger partial charge is 0.480 e. The number of carboxylic acid groups (broad SMARTS) is 1. The first-order valence-electron chi connectivity index (χ1n) is 10.8. The number of carbonyl (C=O) groups excluding carboxylic acids is 1. The van der Waals surface area contributed by atoms with E-state index < -0.39 is 5.97 Å². The summed E-state index contributed by atoms with van der Waals surface area (Å²) in [5.41, 5.74) is 3.92. The summed E-state index contributed by atoms with van der Waals surface area (Å²) >= 11 is 0. The Morgan fingerprint density at radius 1 is 1.19 bits per heavy atom. The van der Waals surface area contributed by atoms with Gasteiger partial charge in [-0.15, -0.1) is 0 Å². The molecule has 1 aliphatic rings. The van der Waals surface area contributed by atoms with Crippen LogP contribution in [0.1, 0.15) is 36.6 Å². The van der Waals surface area contributed by atoms with Crippen molar-refractivity contribution in [1.29, 1.82) is 0 Å². The molecule has 2 aromatic carbocycles. The van der Waals surface area contributed by atoms with E-state index in [0.29, 0.717) is 19.4 Å². The van der Waals surface area contributed by atoms with Crippen LogP contribution in [0.25, 0.3) is 10.9 Å². The van der Waals surface area contributed by atoms with Gasteiger partial charge in [0.15, 0.2) is 0 Å². The smallest absolute Gasteiger partial charge is 0.323 e. The lowest BCUT2D eigenvalue weighted by atomic mass is 9.90. The summed E-state index contributed by atoms with van der Waals surface area (Å²) in [6.07, 6.45) is 3.85. The molecule has 4 rings (SSSR count). The van der Waals surface area contributed by atoms with Gasteiger partial charge in [0.1, 0.15) is 12.4 Å². The fourth-order valence-corrected chi connectivity index (χ4v) is 4.88. The molecule has 6 heteroatoms. The number of aryl methyl sites for hydroxylation is 1. The molecule has 1 aliphatic carbocycles. The van der Waals surface area contributed by atoms with Crippen molar-refractivity contribution in [3.63, 3.8) is 0 Å². The first kappa shape index (κ1) is 21.1. The van der Waals surface area contributed by atoms with Crippen LogP contribution in [0.4, 0.5) is 4.39 Å². The van der Waals surface area contributed by atoms with E-state index in [1.165, 1.54) is 17.7 Å². The van der Waals surface area contributed by atoms with Crippen molar-refractivity contribution in [2.75, 3.05) is 6.54 Å². The normalized spacial score (nSPS) is 15.6. The number of nitrogens with zero attached hydrogens (tertiary/aromatic N) is 2. The van der Waals surface area contributed by atoms with Crippen LogP contribution in [0.15, 0.2) is 48.5 Å². The number of benzene rings is 2. The predicted octanol–water partition coefficient (Wildman–Crippen LogP) is 4.20. The third-order valence-electron chi connectivity index (χ3n) is 6.25.